The predicted molar refractivity (Wildman–Crippen MR) is 156 cm³/mol. The minimum Gasteiger partial charge on any atom is -0.476 e. The van der Waals surface area contributed by atoms with Gasteiger partial charge < -0.3 is 15.0 Å². The first-order valence-corrected chi connectivity index (χ1v) is 15.3. The zero-order valence-electron chi connectivity index (χ0n) is 23.7. The summed E-state index contributed by atoms with van der Waals surface area (Å²) in [7, 11) is -3.65. The van der Waals surface area contributed by atoms with E-state index in [9.17, 15) is 26.8 Å². The van der Waals surface area contributed by atoms with Crippen LogP contribution in [0.15, 0.2) is 48.9 Å². The average Bonchev–Trinajstić information content (AvgIpc) is 3.42. The lowest BCUT2D eigenvalue weighted by molar-refractivity contribution is -0.124. The van der Waals surface area contributed by atoms with E-state index in [2.05, 4.69) is 15.3 Å². The van der Waals surface area contributed by atoms with Crippen molar-refractivity contribution in [3.63, 3.8) is 0 Å². The van der Waals surface area contributed by atoms with E-state index in [0.29, 0.717) is 54.2 Å². The van der Waals surface area contributed by atoms with Gasteiger partial charge in [-0.25, -0.2) is 22.8 Å². The fraction of sp³-hybridized carbons (Fsp3) is 0.276. The van der Waals surface area contributed by atoms with Crippen LogP contribution in [0, 0.1) is 35.8 Å². The molecular weight excluding hydrogens is 596 g/mol. The number of hydrogen-bond acceptors (Lipinski definition) is 9. The van der Waals surface area contributed by atoms with Crippen LogP contribution in [0.3, 0.4) is 0 Å². The van der Waals surface area contributed by atoms with Crippen molar-refractivity contribution < 1.29 is 31.5 Å². The molecular formula is C29H27F2N7O5S. The fourth-order valence-electron chi connectivity index (χ4n) is 5.06. The van der Waals surface area contributed by atoms with Crippen molar-refractivity contribution in [1.29, 1.82) is 5.26 Å². The van der Waals surface area contributed by atoms with Crippen LogP contribution in [0.1, 0.15) is 28.8 Å². The molecule has 1 fully saturated rings. The Hall–Kier alpha value is -5.10. The number of nitrogens with one attached hydrogen (secondary N) is 2. The van der Waals surface area contributed by atoms with Crippen molar-refractivity contribution >= 4 is 39.0 Å². The highest BCUT2D eigenvalue weighted by Gasteiger charge is 2.29. The van der Waals surface area contributed by atoms with Crippen LogP contribution in [-0.2, 0) is 14.8 Å². The lowest BCUT2D eigenvalue weighted by Crippen LogP contribution is -2.44. The molecule has 1 aliphatic rings. The maximum absolute atomic E-state index is 14.9. The monoisotopic (exact) mass is 623 g/mol. The number of imidazole rings is 1. The normalized spacial score (nSPS) is 13.8. The van der Waals surface area contributed by atoms with Gasteiger partial charge in [-0.05, 0) is 55.7 Å². The van der Waals surface area contributed by atoms with Gasteiger partial charge in [-0.2, -0.15) is 9.65 Å². The number of ether oxygens (including phenoxy) is 1. The van der Waals surface area contributed by atoms with Gasteiger partial charge in [0.2, 0.25) is 21.7 Å². The quantitative estimate of drug-likeness (QED) is 0.299. The van der Waals surface area contributed by atoms with Gasteiger partial charge in [0.15, 0.2) is 29.6 Å². The molecule has 0 radical (unpaired) electrons. The van der Waals surface area contributed by atoms with Crippen LogP contribution in [0.4, 0.5) is 20.3 Å². The SMILES string of the molecule is Cc1cc(Nc2nccn3c(-c4ccc(OCC#N)c(F)c4F)cnc23)ccc1C(=O)N1CCC(C(=O)NS(C)(=O)=O)CC1. The average molecular weight is 624 g/mol. The number of nitriles is 1. The van der Waals surface area contributed by atoms with Gasteiger partial charge in [0, 0.05) is 48.2 Å². The van der Waals surface area contributed by atoms with Crippen molar-refractivity contribution in [2.24, 2.45) is 5.92 Å². The van der Waals surface area contributed by atoms with Gasteiger partial charge in [0.05, 0.1) is 18.1 Å². The number of nitrogens with zero attached hydrogens (tertiary/aromatic N) is 5. The number of piperidine rings is 1. The van der Waals surface area contributed by atoms with Gasteiger partial charge in [-0.1, -0.05) is 0 Å². The molecule has 2 N–H and O–H groups in total. The molecule has 1 saturated heterocycles. The van der Waals surface area contributed by atoms with Gasteiger partial charge in [-0.15, -0.1) is 0 Å². The van der Waals surface area contributed by atoms with Gasteiger partial charge in [-0.3, -0.25) is 18.7 Å². The Bertz CT molecular complexity index is 1920. The van der Waals surface area contributed by atoms with Crippen LogP contribution < -0.4 is 14.8 Å². The van der Waals surface area contributed by atoms with Crippen LogP contribution >= 0.6 is 0 Å². The van der Waals surface area contributed by atoms with Crippen molar-refractivity contribution in [3.8, 4) is 23.1 Å². The molecule has 0 aliphatic carbocycles. The molecule has 0 spiro atoms. The van der Waals surface area contributed by atoms with E-state index in [1.807, 2.05) is 4.72 Å². The number of amides is 2. The van der Waals surface area contributed by atoms with E-state index in [4.69, 9.17) is 10.00 Å². The third-order valence-electron chi connectivity index (χ3n) is 7.20. The topological polar surface area (TPSA) is 159 Å². The number of carbonyl (C=O) groups is 2. The van der Waals surface area contributed by atoms with Crippen molar-refractivity contribution in [3.05, 3.63) is 71.7 Å². The number of benzene rings is 2. The Morgan fingerprint density at radius 3 is 2.57 bits per heavy atom. The molecule has 0 saturated carbocycles. The number of anilines is 2. The summed E-state index contributed by atoms with van der Waals surface area (Å²) in [4.78, 5) is 35.7. The number of carbonyl (C=O) groups excluding carboxylic acids is 2. The highest BCUT2D eigenvalue weighted by Crippen LogP contribution is 2.32. The largest absolute Gasteiger partial charge is 0.476 e. The summed E-state index contributed by atoms with van der Waals surface area (Å²) in [6.07, 6.45) is 6.04. The summed E-state index contributed by atoms with van der Waals surface area (Å²) in [6, 6.07) is 9.44. The number of hydrogen-bond donors (Lipinski definition) is 2. The van der Waals surface area contributed by atoms with E-state index in [0.717, 1.165) is 6.26 Å². The molecule has 44 heavy (non-hydrogen) atoms. The second kappa shape index (κ2) is 12.3. The Morgan fingerprint density at radius 1 is 1.14 bits per heavy atom. The highest BCUT2D eigenvalue weighted by atomic mass is 32.2. The smallest absolute Gasteiger partial charge is 0.254 e. The van der Waals surface area contributed by atoms with Crippen molar-refractivity contribution in [2.45, 2.75) is 19.8 Å². The zero-order valence-corrected chi connectivity index (χ0v) is 24.5. The van der Waals surface area contributed by atoms with Crippen molar-refractivity contribution in [2.75, 3.05) is 31.3 Å². The lowest BCUT2D eigenvalue weighted by Gasteiger charge is -2.31. The molecule has 15 heteroatoms. The molecule has 3 heterocycles. The van der Waals surface area contributed by atoms with Crippen LogP contribution in [0.2, 0.25) is 0 Å². The van der Waals surface area contributed by atoms with Crippen LogP contribution in [0.25, 0.3) is 16.9 Å². The van der Waals surface area contributed by atoms with Crippen LogP contribution in [-0.4, -0.2) is 65.5 Å². The Balaban J connectivity index is 1.31. The number of halogens is 2. The molecule has 0 atom stereocenters. The summed E-state index contributed by atoms with van der Waals surface area (Å²) in [5, 5.41) is 11.8. The lowest BCUT2D eigenvalue weighted by atomic mass is 9.95. The zero-order chi connectivity index (χ0) is 31.6. The molecule has 5 rings (SSSR count). The second-order valence-corrected chi connectivity index (χ2v) is 12.0. The molecule has 2 amide bonds. The summed E-state index contributed by atoms with van der Waals surface area (Å²) in [6.45, 7) is 1.99. The number of aryl methyl sites for hydroxylation is 1. The third-order valence-corrected chi connectivity index (χ3v) is 7.77. The maximum Gasteiger partial charge on any atom is 0.254 e. The van der Waals surface area contributed by atoms with E-state index < -0.39 is 40.1 Å². The van der Waals surface area contributed by atoms with E-state index in [-0.39, 0.29) is 22.9 Å². The standard InChI is InChI=1S/C29H27F2N7O5S/c1-17-15-19(3-4-20(17)29(40)37-11-7-18(8-12-37)28(39)36-44(2,41)42)35-26-27-34-16-22(38(27)13-10-33-26)21-5-6-23(43-14-9-32)25(31)24(21)30/h3-6,10,13,15-16,18H,7-8,11-12,14H2,1-2H3,(H,33,35)(H,36,39). The molecule has 0 bridgehead atoms. The third kappa shape index (κ3) is 6.30. The minimum atomic E-state index is -3.65. The van der Waals surface area contributed by atoms with E-state index in [1.54, 1.807) is 46.7 Å². The molecule has 228 valence electrons. The van der Waals surface area contributed by atoms with Gasteiger partial charge >= 0.3 is 0 Å². The highest BCUT2D eigenvalue weighted by molar-refractivity contribution is 7.89. The van der Waals surface area contributed by atoms with Gasteiger partial charge in [0.25, 0.3) is 5.91 Å². The summed E-state index contributed by atoms with van der Waals surface area (Å²) in [5.41, 5.74) is 2.32. The van der Waals surface area contributed by atoms with E-state index >= 15 is 0 Å². The van der Waals surface area contributed by atoms with Crippen LogP contribution in [0.5, 0.6) is 5.75 Å². The Labute approximate surface area is 251 Å². The first-order valence-electron chi connectivity index (χ1n) is 13.5. The first-order chi connectivity index (χ1) is 21.0. The number of rotatable bonds is 8. The number of sulfonamides is 1. The number of fused-ring (bicyclic) bond motifs is 1. The number of likely N-dealkylation sites (tertiary alicyclic amines) is 1. The molecule has 2 aromatic carbocycles. The summed E-state index contributed by atoms with van der Waals surface area (Å²) in [5.74, 6) is -3.65. The predicted octanol–water partition coefficient (Wildman–Crippen LogP) is 3.56. The van der Waals surface area contributed by atoms with E-state index in [1.165, 1.54) is 24.5 Å². The molecule has 12 nitrogen and oxygen atoms in total. The first kappa shape index (κ1) is 30.4. The molecule has 4 aromatic rings. The molecule has 0 unspecified atom stereocenters. The summed E-state index contributed by atoms with van der Waals surface area (Å²) < 4.78 is 60.7. The molecule has 2 aromatic heterocycles. The Kier molecular flexibility index (Phi) is 8.45. The summed E-state index contributed by atoms with van der Waals surface area (Å²) >= 11 is 0. The number of aromatic nitrogens is 3. The minimum absolute atomic E-state index is 0.0600. The Morgan fingerprint density at radius 2 is 1.89 bits per heavy atom. The molecule has 1 aliphatic heterocycles. The second-order valence-electron chi connectivity index (χ2n) is 10.3. The van der Waals surface area contributed by atoms with Crippen molar-refractivity contribution in [1.82, 2.24) is 24.0 Å². The fourth-order valence-corrected chi connectivity index (χ4v) is 5.59. The maximum atomic E-state index is 14.9. The van der Waals surface area contributed by atoms with Gasteiger partial charge in [0.1, 0.15) is 6.07 Å².